The van der Waals surface area contributed by atoms with Crippen LogP contribution < -0.4 is 5.43 Å². The Hall–Kier alpha value is -3.06. The summed E-state index contributed by atoms with van der Waals surface area (Å²) in [5.41, 5.74) is 6.80. The number of aromatic nitrogens is 1. The molecule has 0 unspecified atom stereocenters. The van der Waals surface area contributed by atoms with Crippen LogP contribution >= 0.6 is 11.3 Å². The quantitative estimate of drug-likeness (QED) is 0.353. The van der Waals surface area contributed by atoms with Crippen molar-refractivity contribution in [2.24, 2.45) is 5.10 Å². The number of hydrazone groups is 1. The third-order valence-electron chi connectivity index (χ3n) is 3.97. The fourth-order valence-corrected chi connectivity index (χ4v) is 3.15. The van der Waals surface area contributed by atoms with Gasteiger partial charge in [-0.05, 0) is 42.2 Å². The Bertz CT molecular complexity index is 984. The lowest BCUT2D eigenvalue weighted by atomic mass is 10.0. The second kappa shape index (κ2) is 9.23. The van der Waals surface area contributed by atoms with Gasteiger partial charge in [0.15, 0.2) is 0 Å². The van der Waals surface area contributed by atoms with Crippen molar-refractivity contribution in [3.05, 3.63) is 70.5 Å². The Morgan fingerprint density at radius 3 is 2.71 bits per heavy atom. The molecule has 144 valence electrons. The molecule has 1 heterocycles. The highest BCUT2D eigenvalue weighted by atomic mass is 32.1. The minimum atomic E-state index is -0.295. The molecular formula is C21H20FN3O2S. The number of halogens is 1. The van der Waals surface area contributed by atoms with E-state index in [9.17, 15) is 9.18 Å². The molecule has 0 amide bonds. The third-order valence-corrected chi connectivity index (χ3v) is 4.77. The highest BCUT2D eigenvalue weighted by Gasteiger charge is 2.08. The van der Waals surface area contributed by atoms with E-state index in [1.807, 2.05) is 30.3 Å². The standard InChI is InChI=1S/C21H20FN3O2S/c1-3-27-20(26)11-18-13-28-21(24-18)25-23-12-15-5-8-16(9-6-15)17-7-4-14(2)19(22)10-17/h4-10,12-13H,3,11H2,1-2H3,(H,24,25). The molecule has 0 atom stereocenters. The first-order valence-corrected chi connectivity index (χ1v) is 9.69. The van der Waals surface area contributed by atoms with E-state index >= 15 is 0 Å². The number of benzene rings is 2. The molecule has 28 heavy (non-hydrogen) atoms. The number of esters is 1. The Morgan fingerprint density at radius 1 is 1.25 bits per heavy atom. The number of thiazole rings is 1. The molecule has 5 nitrogen and oxygen atoms in total. The number of aryl methyl sites for hydroxylation is 1. The fraction of sp³-hybridized carbons (Fsp3) is 0.190. The zero-order valence-corrected chi connectivity index (χ0v) is 16.4. The number of carbonyl (C=O) groups excluding carboxylic acids is 1. The van der Waals surface area contributed by atoms with Gasteiger partial charge in [0.1, 0.15) is 5.82 Å². The normalized spacial score (nSPS) is 11.0. The zero-order valence-electron chi connectivity index (χ0n) is 15.6. The van der Waals surface area contributed by atoms with Gasteiger partial charge in [-0.2, -0.15) is 5.10 Å². The molecule has 0 saturated carbocycles. The first kappa shape index (κ1) is 19.7. The highest BCUT2D eigenvalue weighted by Crippen LogP contribution is 2.22. The van der Waals surface area contributed by atoms with E-state index in [1.54, 1.807) is 31.5 Å². The van der Waals surface area contributed by atoms with Gasteiger partial charge in [0.05, 0.1) is 24.9 Å². The largest absolute Gasteiger partial charge is 0.466 e. The summed E-state index contributed by atoms with van der Waals surface area (Å²) in [6, 6.07) is 12.9. The maximum Gasteiger partial charge on any atom is 0.311 e. The summed E-state index contributed by atoms with van der Waals surface area (Å²) >= 11 is 1.37. The molecule has 1 aromatic heterocycles. The lowest BCUT2D eigenvalue weighted by molar-refractivity contribution is -0.142. The van der Waals surface area contributed by atoms with E-state index in [-0.39, 0.29) is 18.2 Å². The molecule has 0 saturated heterocycles. The number of carbonyl (C=O) groups is 1. The SMILES string of the molecule is CCOC(=O)Cc1csc(NN=Cc2ccc(-c3ccc(C)c(F)c3)cc2)n1. The van der Waals surface area contributed by atoms with Crippen molar-refractivity contribution in [3.63, 3.8) is 0 Å². The van der Waals surface area contributed by atoms with Crippen molar-refractivity contribution >= 4 is 28.7 Å². The molecule has 7 heteroatoms. The molecular weight excluding hydrogens is 377 g/mol. The Labute approximate surface area is 166 Å². The van der Waals surface area contributed by atoms with Gasteiger partial charge < -0.3 is 4.74 Å². The lowest BCUT2D eigenvalue weighted by Crippen LogP contribution is -2.07. The van der Waals surface area contributed by atoms with Gasteiger partial charge in [-0.25, -0.2) is 9.37 Å². The van der Waals surface area contributed by atoms with Gasteiger partial charge in [-0.3, -0.25) is 10.2 Å². The molecule has 0 radical (unpaired) electrons. The van der Waals surface area contributed by atoms with Crippen LogP contribution in [0.2, 0.25) is 0 Å². The summed E-state index contributed by atoms with van der Waals surface area (Å²) in [6.07, 6.45) is 1.82. The predicted octanol–water partition coefficient (Wildman–Crippen LogP) is 4.81. The first-order chi connectivity index (χ1) is 13.5. The van der Waals surface area contributed by atoms with E-state index in [0.29, 0.717) is 23.0 Å². The van der Waals surface area contributed by atoms with Gasteiger partial charge in [0.25, 0.3) is 0 Å². The molecule has 0 bridgehead atoms. The van der Waals surface area contributed by atoms with Crippen molar-refractivity contribution in [2.45, 2.75) is 20.3 Å². The number of nitrogens with one attached hydrogen (secondary N) is 1. The minimum absolute atomic E-state index is 0.150. The van der Waals surface area contributed by atoms with Crippen molar-refractivity contribution in [2.75, 3.05) is 12.0 Å². The van der Waals surface area contributed by atoms with Crippen LogP contribution in [-0.2, 0) is 16.0 Å². The average molecular weight is 397 g/mol. The molecule has 0 aliphatic heterocycles. The Morgan fingerprint density at radius 2 is 2.00 bits per heavy atom. The first-order valence-electron chi connectivity index (χ1n) is 8.81. The van der Waals surface area contributed by atoms with Crippen LogP contribution in [0.15, 0.2) is 52.9 Å². The van der Waals surface area contributed by atoms with Crippen molar-refractivity contribution < 1.29 is 13.9 Å². The van der Waals surface area contributed by atoms with Crippen LogP contribution in [0.3, 0.4) is 0 Å². The molecule has 0 aliphatic carbocycles. The van der Waals surface area contributed by atoms with Gasteiger partial charge in [0.2, 0.25) is 5.13 Å². The molecule has 3 aromatic rings. The van der Waals surface area contributed by atoms with Crippen LogP contribution in [0, 0.1) is 12.7 Å². The van der Waals surface area contributed by atoms with E-state index in [4.69, 9.17) is 4.74 Å². The summed E-state index contributed by atoms with van der Waals surface area (Å²) in [5, 5.41) is 6.56. The monoisotopic (exact) mass is 397 g/mol. The topological polar surface area (TPSA) is 63.6 Å². The second-order valence-electron chi connectivity index (χ2n) is 6.08. The molecule has 0 aliphatic rings. The number of rotatable bonds is 7. The molecule has 2 aromatic carbocycles. The average Bonchev–Trinajstić information content (AvgIpc) is 3.12. The van der Waals surface area contributed by atoms with Gasteiger partial charge >= 0.3 is 5.97 Å². The summed E-state index contributed by atoms with van der Waals surface area (Å²) in [6.45, 7) is 3.87. The maximum atomic E-state index is 13.7. The number of anilines is 1. The van der Waals surface area contributed by atoms with Crippen LogP contribution in [0.1, 0.15) is 23.7 Å². The summed E-state index contributed by atoms with van der Waals surface area (Å²) < 4.78 is 18.6. The number of ether oxygens (including phenoxy) is 1. The molecule has 1 N–H and O–H groups in total. The van der Waals surface area contributed by atoms with Crippen molar-refractivity contribution in [1.29, 1.82) is 0 Å². The third kappa shape index (κ3) is 5.23. The minimum Gasteiger partial charge on any atom is -0.466 e. The van der Waals surface area contributed by atoms with E-state index < -0.39 is 0 Å². The highest BCUT2D eigenvalue weighted by molar-refractivity contribution is 7.13. The van der Waals surface area contributed by atoms with E-state index in [1.165, 1.54) is 17.4 Å². The summed E-state index contributed by atoms with van der Waals surface area (Å²) in [7, 11) is 0. The van der Waals surface area contributed by atoms with Gasteiger partial charge in [0, 0.05) is 5.38 Å². The molecule has 0 spiro atoms. The van der Waals surface area contributed by atoms with Crippen LogP contribution in [0.4, 0.5) is 9.52 Å². The van der Waals surface area contributed by atoms with Crippen LogP contribution in [0.5, 0.6) is 0 Å². The fourth-order valence-electron chi connectivity index (χ4n) is 2.50. The lowest BCUT2D eigenvalue weighted by Gasteiger charge is -2.04. The van der Waals surface area contributed by atoms with Crippen molar-refractivity contribution in [3.8, 4) is 11.1 Å². The van der Waals surface area contributed by atoms with Gasteiger partial charge in [-0.1, -0.05) is 36.4 Å². The maximum absolute atomic E-state index is 13.7. The van der Waals surface area contributed by atoms with Crippen LogP contribution in [0.25, 0.3) is 11.1 Å². The second-order valence-corrected chi connectivity index (χ2v) is 6.94. The number of hydrogen-bond donors (Lipinski definition) is 1. The van der Waals surface area contributed by atoms with Crippen molar-refractivity contribution in [1.82, 2.24) is 4.98 Å². The van der Waals surface area contributed by atoms with Gasteiger partial charge in [-0.15, -0.1) is 11.3 Å². The Kier molecular flexibility index (Phi) is 6.49. The molecule has 0 fully saturated rings. The summed E-state index contributed by atoms with van der Waals surface area (Å²) in [5.74, 6) is -0.505. The molecule has 3 rings (SSSR count). The number of hydrogen-bond acceptors (Lipinski definition) is 6. The van der Waals surface area contributed by atoms with Crippen LogP contribution in [-0.4, -0.2) is 23.8 Å². The predicted molar refractivity (Wildman–Crippen MR) is 110 cm³/mol. The number of nitrogens with zero attached hydrogens (tertiary/aromatic N) is 2. The van der Waals surface area contributed by atoms with E-state index in [0.717, 1.165) is 16.7 Å². The smallest absolute Gasteiger partial charge is 0.311 e. The summed E-state index contributed by atoms with van der Waals surface area (Å²) in [4.78, 5) is 15.7. The van der Waals surface area contributed by atoms with E-state index in [2.05, 4.69) is 15.5 Å². The Balaban J connectivity index is 1.58. The zero-order chi connectivity index (χ0) is 19.9.